The van der Waals surface area contributed by atoms with Gasteiger partial charge < -0.3 is 4.42 Å². The Morgan fingerprint density at radius 3 is 2.50 bits per heavy atom. The van der Waals surface area contributed by atoms with Crippen LogP contribution < -0.4 is 0 Å². The highest BCUT2D eigenvalue weighted by Crippen LogP contribution is 2.37. The van der Waals surface area contributed by atoms with Crippen molar-refractivity contribution < 1.29 is 12.8 Å². The minimum absolute atomic E-state index is 0.0303. The van der Waals surface area contributed by atoms with Gasteiger partial charge >= 0.3 is 0 Å². The van der Waals surface area contributed by atoms with Gasteiger partial charge in [-0.05, 0) is 40.0 Å². The van der Waals surface area contributed by atoms with Gasteiger partial charge in [-0.2, -0.15) is 4.31 Å². The van der Waals surface area contributed by atoms with E-state index < -0.39 is 10.0 Å². The first-order chi connectivity index (χ1) is 9.34. The van der Waals surface area contributed by atoms with Crippen LogP contribution in [0, 0.1) is 13.8 Å². The molecule has 0 aromatic carbocycles. The summed E-state index contributed by atoms with van der Waals surface area (Å²) in [5.74, 6) is 1.18. The third-order valence-electron chi connectivity index (χ3n) is 4.18. The zero-order valence-electron chi connectivity index (χ0n) is 12.4. The van der Waals surface area contributed by atoms with Crippen molar-refractivity contribution >= 4 is 21.6 Å². The largest absolute Gasteiger partial charge is 0.465 e. The van der Waals surface area contributed by atoms with Crippen molar-refractivity contribution in [1.82, 2.24) is 4.31 Å². The fourth-order valence-electron chi connectivity index (χ4n) is 3.17. The summed E-state index contributed by atoms with van der Waals surface area (Å²) in [6.45, 7) is 7.45. The molecule has 0 bridgehead atoms. The Kier molecular flexibility index (Phi) is 4.52. The van der Waals surface area contributed by atoms with Crippen molar-refractivity contribution in [2.24, 2.45) is 0 Å². The number of furan rings is 1. The summed E-state index contributed by atoms with van der Waals surface area (Å²) in [5.41, 5.74) is 0.595. The van der Waals surface area contributed by atoms with E-state index in [0.717, 1.165) is 19.3 Å². The van der Waals surface area contributed by atoms with Crippen LogP contribution >= 0.6 is 11.6 Å². The first kappa shape index (κ1) is 15.9. The van der Waals surface area contributed by atoms with Crippen LogP contribution in [0.4, 0.5) is 0 Å². The molecule has 1 aliphatic rings. The molecule has 0 radical (unpaired) electrons. The van der Waals surface area contributed by atoms with Crippen molar-refractivity contribution in [3.8, 4) is 0 Å². The van der Waals surface area contributed by atoms with Gasteiger partial charge in [-0.25, -0.2) is 8.42 Å². The van der Waals surface area contributed by atoms with E-state index in [9.17, 15) is 8.42 Å². The molecule has 20 heavy (non-hydrogen) atoms. The van der Waals surface area contributed by atoms with Gasteiger partial charge in [-0.3, -0.25) is 0 Å². The summed E-state index contributed by atoms with van der Waals surface area (Å²) < 4.78 is 33.2. The third-order valence-corrected chi connectivity index (χ3v) is 6.71. The molecule has 0 amide bonds. The summed E-state index contributed by atoms with van der Waals surface area (Å²) in [6.07, 6.45) is 2.66. The zero-order valence-corrected chi connectivity index (χ0v) is 14.0. The molecule has 1 aliphatic heterocycles. The highest BCUT2D eigenvalue weighted by Gasteiger charge is 2.41. The fourth-order valence-corrected chi connectivity index (χ4v) is 5.94. The number of halogens is 1. The van der Waals surface area contributed by atoms with E-state index in [-0.39, 0.29) is 22.9 Å². The lowest BCUT2D eigenvalue weighted by atomic mass is 10.2. The predicted molar refractivity (Wildman–Crippen MR) is 79.5 cm³/mol. The fraction of sp³-hybridized carbons (Fsp3) is 0.714. The molecule has 0 N–H and O–H groups in total. The van der Waals surface area contributed by atoms with E-state index in [0.29, 0.717) is 17.1 Å². The molecule has 1 fully saturated rings. The third kappa shape index (κ3) is 2.40. The van der Waals surface area contributed by atoms with Crippen LogP contribution in [-0.4, -0.2) is 24.8 Å². The van der Waals surface area contributed by atoms with E-state index in [4.69, 9.17) is 16.0 Å². The number of hydrogen-bond donors (Lipinski definition) is 0. The minimum atomic E-state index is -3.55. The molecule has 2 unspecified atom stereocenters. The van der Waals surface area contributed by atoms with E-state index >= 15 is 0 Å². The van der Waals surface area contributed by atoms with Gasteiger partial charge in [0.1, 0.15) is 16.4 Å². The summed E-state index contributed by atoms with van der Waals surface area (Å²) in [6, 6.07) is 0.107. The molecule has 1 aromatic rings. The monoisotopic (exact) mass is 319 g/mol. The van der Waals surface area contributed by atoms with Crippen molar-refractivity contribution in [2.45, 2.75) is 69.8 Å². The Morgan fingerprint density at radius 2 is 1.95 bits per heavy atom. The molecule has 2 heterocycles. The summed E-state index contributed by atoms with van der Waals surface area (Å²) in [5, 5.41) is 0. The molecule has 2 atom stereocenters. The lowest BCUT2D eigenvalue weighted by Gasteiger charge is -2.27. The standard InChI is InChI=1S/C14H22ClNO3S/c1-5-12-7-6-9(2)16(12)20(17,18)14-11(4)19-10(3)13(14)8-15/h9,12H,5-8H2,1-4H3. The highest BCUT2D eigenvalue weighted by atomic mass is 35.5. The van der Waals surface area contributed by atoms with E-state index in [1.54, 1.807) is 18.2 Å². The average Bonchev–Trinajstić information content (AvgIpc) is 2.89. The zero-order chi connectivity index (χ0) is 15.1. The molecular weight excluding hydrogens is 298 g/mol. The predicted octanol–water partition coefficient (Wildman–Crippen LogP) is 3.59. The lowest BCUT2D eigenvalue weighted by molar-refractivity contribution is 0.328. The second kappa shape index (κ2) is 5.70. The van der Waals surface area contributed by atoms with Crippen LogP contribution in [0.1, 0.15) is 50.2 Å². The van der Waals surface area contributed by atoms with Gasteiger partial charge in [0, 0.05) is 17.6 Å². The summed E-state index contributed by atoms with van der Waals surface area (Å²) >= 11 is 5.93. The Hall–Kier alpha value is -0.520. The van der Waals surface area contributed by atoms with E-state index in [1.165, 1.54) is 0 Å². The number of rotatable bonds is 4. The smallest absolute Gasteiger partial charge is 0.247 e. The maximum atomic E-state index is 13.0. The second-order valence-corrected chi connectivity index (χ2v) is 7.53. The summed E-state index contributed by atoms with van der Waals surface area (Å²) in [4.78, 5) is 0.275. The van der Waals surface area contributed by atoms with E-state index in [1.807, 2.05) is 13.8 Å². The average molecular weight is 320 g/mol. The van der Waals surface area contributed by atoms with Gasteiger partial charge in [-0.1, -0.05) is 6.92 Å². The van der Waals surface area contributed by atoms with Crippen molar-refractivity contribution in [3.63, 3.8) is 0 Å². The Labute approximate surface area is 126 Å². The highest BCUT2D eigenvalue weighted by molar-refractivity contribution is 7.89. The molecule has 0 spiro atoms. The van der Waals surface area contributed by atoms with Crippen LogP contribution in [-0.2, 0) is 15.9 Å². The van der Waals surface area contributed by atoms with E-state index in [2.05, 4.69) is 0 Å². The molecule has 0 aliphatic carbocycles. The van der Waals surface area contributed by atoms with Gasteiger partial charge in [-0.15, -0.1) is 11.6 Å². The molecule has 6 heteroatoms. The lowest BCUT2D eigenvalue weighted by Crippen LogP contribution is -2.40. The number of hydrogen-bond acceptors (Lipinski definition) is 3. The van der Waals surface area contributed by atoms with Crippen molar-refractivity contribution in [3.05, 3.63) is 17.1 Å². The summed E-state index contributed by atoms with van der Waals surface area (Å²) in [7, 11) is -3.55. The van der Waals surface area contributed by atoms with Crippen LogP contribution in [0.3, 0.4) is 0 Å². The Balaban J connectivity index is 2.55. The molecule has 1 saturated heterocycles. The van der Waals surface area contributed by atoms with Crippen LogP contribution in [0.2, 0.25) is 0 Å². The second-order valence-electron chi connectivity index (χ2n) is 5.48. The first-order valence-corrected chi connectivity index (χ1v) is 9.00. The topological polar surface area (TPSA) is 50.5 Å². The number of aryl methyl sites for hydroxylation is 2. The molecular formula is C14H22ClNO3S. The van der Waals surface area contributed by atoms with Crippen LogP contribution in [0.5, 0.6) is 0 Å². The van der Waals surface area contributed by atoms with Crippen LogP contribution in [0.25, 0.3) is 0 Å². The van der Waals surface area contributed by atoms with Crippen molar-refractivity contribution in [2.75, 3.05) is 0 Å². The minimum Gasteiger partial charge on any atom is -0.465 e. The normalized spacial score (nSPS) is 24.4. The maximum absolute atomic E-state index is 13.0. The van der Waals surface area contributed by atoms with Gasteiger partial charge in [0.25, 0.3) is 0 Å². The SMILES string of the molecule is CCC1CCC(C)N1S(=O)(=O)c1c(C)oc(C)c1CCl. The van der Waals surface area contributed by atoms with Gasteiger partial charge in [0.05, 0.1) is 5.88 Å². The number of sulfonamides is 1. The molecule has 0 saturated carbocycles. The molecule has 114 valence electrons. The maximum Gasteiger partial charge on any atom is 0.247 e. The first-order valence-electron chi connectivity index (χ1n) is 7.02. The van der Waals surface area contributed by atoms with Gasteiger partial charge in [0.15, 0.2) is 0 Å². The molecule has 4 nitrogen and oxygen atoms in total. The molecule has 1 aromatic heterocycles. The Bertz CT molecular complexity index is 594. The Morgan fingerprint density at radius 1 is 1.30 bits per heavy atom. The number of nitrogens with zero attached hydrogens (tertiary/aromatic N) is 1. The number of alkyl halides is 1. The van der Waals surface area contributed by atoms with Crippen LogP contribution in [0.15, 0.2) is 9.31 Å². The molecule has 2 rings (SSSR count). The van der Waals surface area contributed by atoms with Gasteiger partial charge in [0.2, 0.25) is 10.0 Å². The van der Waals surface area contributed by atoms with Crippen molar-refractivity contribution in [1.29, 1.82) is 0 Å². The quantitative estimate of drug-likeness (QED) is 0.797.